The summed E-state index contributed by atoms with van der Waals surface area (Å²) in [6.07, 6.45) is 1.85. The molecule has 0 radical (unpaired) electrons. The summed E-state index contributed by atoms with van der Waals surface area (Å²) in [5.41, 5.74) is 3.17. The molecular weight excluding hydrogens is 288 g/mol. The molecule has 0 unspecified atom stereocenters. The van der Waals surface area contributed by atoms with Crippen molar-refractivity contribution in [2.24, 2.45) is 0 Å². The molecular formula is C19H18N2O2. The number of amides is 1. The van der Waals surface area contributed by atoms with Crippen molar-refractivity contribution in [3.8, 4) is 11.8 Å². The van der Waals surface area contributed by atoms with Crippen molar-refractivity contribution in [3.05, 3.63) is 65.2 Å². The van der Waals surface area contributed by atoms with Crippen LogP contribution < -0.4 is 10.1 Å². The Bertz CT molecular complexity index is 735. The van der Waals surface area contributed by atoms with Gasteiger partial charge in [0.2, 0.25) is 5.91 Å². The Balaban J connectivity index is 1.94. The second-order valence-corrected chi connectivity index (χ2v) is 5.57. The number of nitrogens with zero attached hydrogens (tertiary/aromatic N) is 1. The molecule has 3 rings (SSSR count). The predicted molar refractivity (Wildman–Crippen MR) is 86.9 cm³/mol. The number of hydrogen-bond acceptors (Lipinski definition) is 3. The molecule has 4 heteroatoms. The molecule has 1 atom stereocenters. The quantitative estimate of drug-likeness (QED) is 0.944. The van der Waals surface area contributed by atoms with Gasteiger partial charge in [-0.3, -0.25) is 4.79 Å². The summed E-state index contributed by atoms with van der Waals surface area (Å²) in [7, 11) is 0. The summed E-state index contributed by atoms with van der Waals surface area (Å²) in [5, 5.41) is 11.7. The summed E-state index contributed by atoms with van der Waals surface area (Å²) in [6.45, 7) is 0.757. The number of nitriles is 1. The zero-order valence-corrected chi connectivity index (χ0v) is 12.8. The van der Waals surface area contributed by atoms with E-state index in [0.29, 0.717) is 0 Å². The molecule has 1 aliphatic rings. The molecule has 2 aromatic carbocycles. The fourth-order valence-corrected chi connectivity index (χ4v) is 2.85. The lowest BCUT2D eigenvalue weighted by atomic mass is 9.94. The molecule has 23 heavy (non-hydrogen) atoms. The van der Waals surface area contributed by atoms with Gasteiger partial charge in [-0.25, -0.2) is 0 Å². The summed E-state index contributed by atoms with van der Waals surface area (Å²) >= 11 is 0. The number of carbonyl (C=O) groups excluding carboxylic acids is 1. The Morgan fingerprint density at radius 1 is 1.22 bits per heavy atom. The molecule has 0 saturated heterocycles. The Kier molecular flexibility index (Phi) is 4.58. The fraction of sp³-hybridized carbons (Fsp3) is 0.263. The van der Waals surface area contributed by atoms with Gasteiger partial charge in [-0.15, -0.1) is 0 Å². The van der Waals surface area contributed by atoms with Crippen LogP contribution >= 0.6 is 0 Å². The van der Waals surface area contributed by atoms with E-state index in [1.54, 1.807) is 0 Å². The van der Waals surface area contributed by atoms with Gasteiger partial charge in [0.05, 0.1) is 18.7 Å². The molecule has 116 valence electrons. The van der Waals surface area contributed by atoms with Crippen LogP contribution in [-0.2, 0) is 11.2 Å². The number of nitrogens with one attached hydrogen (secondary N) is 1. The van der Waals surface area contributed by atoms with Crippen LogP contribution in [0.1, 0.15) is 35.6 Å². The Morgan fingerprint density at radius 2 is 2.04 bits per heavy atom. The van der Waals surface area contributed by atoms with Gasteiger partial charge < -0.3 is 10.1 Å². The zero-order chi connectivity index (χ0) is 16.1. The van der Waals surface area contributed by atoms with Crippen LogP contribution in [0, 0.1) is 11.3 Å². The number of fused-ring (bicyclic) bond motifs is 1. The molecule has 0 aliphatic carbocycles. The van der Waals surface area contributed by atoms with E-state index >= 15 is 0 Å². The molecule has 0 aromatic heterocycles. The van der Waals surface area contributed by atoms with Crippen molar-refractivity contribution in [2.75, 3.05) is 6.61 Å². The lowest BCUT2D eigenvalue weighted by Gasteiger charge is -2.23. The number of rotatable bonds is 4. The predicted octanol–water partition coefficient (Wildman–Crippen LogP) is 3.13. The van der Waals surface area contributed by atoms with E-state index in [-0.39, 0.29) is 18.4 Å². The Labute approximate surface area is 135 Å². The number of hydrogen-bond donors (Lipinski definition) is 1. The second kappa shape index (κ2) is 6.97. The highest BCUT2D eigenvalue weighted by Gasteiger charge is 2.19. The fourth-order valence-electron chi connectivity index (χ4n) is 2.85. The third kappa shape index (κ3) is 3.51. The highest BCUT2D eigenvalue weighted by molar-refractivity contribution is 5.79. The van der Waals surface area contributed by atoms with Crippen LogP contribution in [0.2, 0.25) is 0 Å². The Hall–Kier alpha value is -2.80. The first kappa shape index (κ1) is 15.1. The first-order valence-electron chi connectivity index (χ1n) is 7.75. The molecule has 0 fully saturated rings. The van der Waals surface area contributed by atoms with Crippen molar-refractivity contribution in [3.63, 3.8) is 0 Å². The minimum atomic E-state index is -0.268. The minimum Gasteiger partial charge on any atom is -0.493 e. The van der Waals surface area contributed by atoms with E-state index in [1.807, 2.05) is 48.5 Å². The molecule has 1 N–H and O–H groups in total. The highest BCUT2D eigenvalue weighted by Crippen LogP contribution is 2.30. The minimum absolute atomic E-state index is 0.141. The van der Waals surface area contributed by atoms with Crippen LogP contribution in [0.3, 0.4) is 0 Å². The maximum absolute atomic E-state index is 11.9. The van der Waals surface area contributed by atoms with Crippen molar-refractivity contribution < 1.29 is 9.53 Å². The van der Waals surface area contributed by atoms with Crippen LogP contribution in [0.25, 0.3) is 0 Å². The average molecular weight is 306 g/mol. The molecule has 1 heterocycles. The third-order valence-corrected chi connectivity index (χ3v) is 3.94. The number of ether oxygens (including phenoxy) is 1. The number of carbonyl (C=O) groups is 1. The molecule has 2 aromatic rings. The molecule has 0 bridgehead atoms. The maximum atomic E-state index is 11.9. The molecule has 1 aliphatic heterocycles. The molecule has 0 spiro atoms. The molecule has 1 amide bonds. The van der Waals surface area contributed by atoms with Crippen LogP contribution in [0.4, 0.5) is 0 Å². The average Bonchev–Trinajstić information content (AvgIpc) is 2.60. The van der Waals surface area contributed by atoms with E-state index in [0.717, 1.165) is 36.3 Å². The van der Waals surface area contributed by atoms with Gasteiger partial charge in [0.1, 0.15) is 12.2 Å². The first-order chi connectivity index (χ1) is 11.3. The van der Waals surface area contributed by atoms with Gasteiger partial charge in [0.15, 0.2) is 0 Å². The first-order valence-corrected chi connectivity index (χ1v) is 7.75. The van der Waals surface area contributed by atoms with E-state index in [2.05, 4.69) is 11.4 Å². The third-order valence-electron chi connectivity index (χ3n) is 3.94. The second-order valence-electron chi connectivity index (χ2n) is 5.57. The largest absolute Gasteiger partial charge is 0.493 e. The van der Waals surface area contributed by atoms with Crippen molar-refractivity contribution in [1.82, 2.24) is 5.32 Å². The normalized spacial score (nSPS) is 14.0. The number of benzene rings is 2. The van der Waals surface area contributed by atoms with Crippen molar-refractivity contribution >= 4 is 5.91 Å². The maximum Gasteiger partial charge on any atom is 0.234 e. The molecule has 4 nitrogen and oxygen atoms in total. The van der Waals surface area contributed by atoms with E-state index in [9.17, 15) is 4.79 Å². The Morgan fingerprint density at radius 3 is 2.83 bits per heavy atom. The van der Waals surface area contributed by atoms with Crippen LogP contribution in [0.5, 0.6) is 5.75 Å². The monoisotopic (exact) mass is 306 g/mol. The van der Waals surface area contributed by atoms with Crippen LogP contribution in [-0.4, -0.2) is 12.5 Å². The van der Waals surface area contributed by atoms with Crippen molar-refractivity contribution in [2.45, 2.75) is 25.3 Å². The summed E-state index contributed by atoms with van der Waals surface area (Å²) < 4.78 is 5.65. The van der Waals surface area contributed by atoms with E-state index in [4.69, 9.17) is 10.00 Å². The summed E-state index contributed by atoms with van der Waals surface area (Å²) in [5.74, 6) is 0.658. The number of aryl methyl sites for hydroxylation is 1. The van der Waals surface area contributed by atoms with Gasteiger partial charge >= 0.3 is 0 Å². The van der Waals surface area contributed by atoms with Gasteiger partial charge in [-0.2, -0.15) is 5.26 Å². The lowest BCUT2D eigenvalue weighted by Crippen LogP contribution is -2.29. The van der Waals surface area contributed by atoms with Crippen LogP contribution in [0.15, 0.2) is 48.5 Å². The zero-order valence-electron chi connectivity index (χ0n) is 12.8. The van der Waals surface area contributed by atoms with Gasteiger partial charge in [0.25, 0.3) is 0 Å². The summed E-state index contributed by atoms with van der Waals surface area (Å²) in [4.78, 5) is 11.9. The lowest BCUT2D eigenvalue weighted by molar-refractivity contribution is -0.120. The van der Waals surface area contributed by atoms with Gasteiger partial charge in [-0.05, 0) is 41.7 Å². The smallest absolute Gasteiger partial charge is 0.234 e. The van der Waals surface area contributed by atoms with Gasteiger partial charge in [-0.1, -0.05) is 36.4 Å². The van der Waals surface area contributed by atoms with E-state index in [1.165, 1.54) is 5.56 Å². The SMILES string of the molecule is N#CCC(=O)N[C@@H](c1ccccc1)c1ccc2c(c1)CCCO2. The molecule has 0 saturated carbocycles. The van der Waals surface area contributed by atoms with Gasteiger partial charge in [0, 0.05) is 0 Å². The van der Waals surface area contributed by atoms with Crippen molar-refractivity contribution in [1.29, 1.82) is 5.26 Å². The topological polar surface area (TPSA) is 62.1 Å². The standard InChI is InChI=1S/C19H18N2O2/c20-11-10-18(22)21-19(14-5-2-1-3-6-14)16-8-9-17-15(13-16)7-4-12-23-17/h1-3,5-6,8-9,13,19H,4,7,10,12H2,(H,21,22)/t19-/m0/s1. The highest BCUT2D eigenvalue weighted by atomic mass is 16.5. The van der Waals surface area contributed by atoms with E-state index < -0.39 is 0 Å². The summed E-state index contributed by atoms with van der Waals surface area (Å²) in [6, 6.07) is 17.5.